The van der Waals surface area contributed by atoms with Crippen LogP contribution in [0, 0.1) is 0 Å². The summed E-state index contributed by atoms with van der Waals surface area (Å²) in [7, 11) is 0. The number of hydrogen-bond acceptors (Lipinski definition) is 10. The van der Waals surface area contributed by atoms with Crippen LogP contribution in [0.15, 0.2) is 72.9 Å². The first kappa shape index (κ1) is 86.4. The first-order chi connectivity index (χ1) is 44.2. The lowest BCUT2D eigenvalue weighted by Gasteiger charge is -2.41. The van der Waals surface area contributed by atoms with Crippen molar-refractivity contribution in [2.24, 2.45) is 0 Å². The molecule has 0 aromatic rings. The van der Waals surface area contributed by atoms with Crippen LogP contribution in [0.1, 0.15) is 374 Å². The highest BCUT2D eigenvalue weighted by Crippen LogP contribution is 2.31. The summed E-state index contributed by atoms with van der Waals surface area (Å²) < 4.78 is 17.8. The molecule has 0 fully saturated rings. The Hall–Kier alpha value is -3.60. The Balaban J connectivity index is 6.11. The molecule has 2 unspecified atom stereocenters. The van der Waals surface area contributed by atoms with Crippen molar-refractivity contribution in [2.75, 3.05) is 13.2 Å². The maximum atomic E-state index is 14.8. The van der Waals surface area contributed by atoms with Crippen LogP contribution in [0.25, 0.3) is 0 Å². The van der Waals surface area contributed by atoms with E-state index >= 15 is 0 Å². The summed E-state index contributed by atoms with van der Waals surface area (Å²) in [6, 6.07) is 0. The van der Waals surface area contributed by atoms with Crippen LogP contribution in [0.2, 0.25) is 0 Å². The smallest absolute Gasteiger partial charge is 0.306 e. The van der Waals surface area contributed by atoms with E-state index in [1.165, 1.54) is 167 Å². The quantitative estimate of drug-likeness (QED) is 0.0232. The number of aliphatic hydroxyl groups is 3. The molecule has 0 radical (unpaired) electrons. The van der Waals surface area contributed by atoms with Gasteiger partial charge in [-0.1, -0.05) is 325 Å². The number of unbranched alkanes of at least 4 members (excludes halogenated alkanes) is 40. The lowest BCUT2D eigenvalue weighted by Crippen LogP contribution is -2.66. The highest BCUT2D eigenvalue weighted by atomic mass is 16.6. The molecule has 0 aromatic heterocycles. The van der Waals surface area contributed by atoms with Crippen molar-refractivity contribution in [2.45, 2.75) is 398 Å². The van der Waals surface area contributed by atoms with Crippen molar-refractivity contribution >= 4 is 23.7 Å². The van der Waals surface area contributed by atoms with Gasteiger partial charge in [0.15, 0.2) is 24.1 Å². The third-order valence-corrected chi connectivity index (χ3v) is 17.4. The molecule has 4 atom stereocenters. The zero-order valence-electron chi connectivity index (χ0n) is 59.0. The van der Waals surface area contributed by atoms with Gasteiger partial charge in [0.25, 0.3) is 0 Å². The number of Topliss-reactive ketones (excluding diaryl/α,β-unsaturated/α-hetero) is 1. The van der Waals surface area contributed by atoms with Gasteiger partial charge in [0.05, 0.1) is 13.2 Å². The molecule has 0 saturated heterocycles. The van der Waals surface area contributed by atoms with Crippen LogP contribution in [0.4, 0.5) is 0 Å². The van der Waals surface area contributed by atoms with E-state index in [2.05, 4.69) is 88.5 Å². The van der Waals surface area contributed by atoms with Crippen molar-refractivity contribution in [3.05, 3.63) is 72.9 Å². The fraction of sp³-hybridized carbons (Fsp3) is 0.800. The first-order valence-electron chi connectivity index (χ1n) is 38.1. The van der Waals surface area contributed by atoms with Crippen molar-refractivity contribution in [3.63, 3.8) is 0 Å². The summed E-state index contributed by atoms with van der Waals surface area (Å²) in [5.74, 6) is -2.96. The number of ether oxygens (including phenoxy) is 3. The predicted octanol–water partition coefficient (Wildman–Crippen LogP) is 22.5. The molecule has 0 aromatic carbocycles. The molecule has 522 valence electrons. The number of rotatable bonds is 69. The van der Waals surface area contributed by atoms with Crippen LogP contribution in [0.5, 0.6) is 0 Å². The minimum absolute atomic E-state index is 0.0180. The molecule has 0 aliphatic carbocycles. The van der Waals surface area contributed by atoms with Crippen LogP contribution in [-0.2, 0) is 33.4 Å². The van der Waals surface area contributed by atoms with E-state index in [1.54, 1.807) is 0 Å². The minimum atomic E-state index is -2.84. The van der Waals surface area contributed by atoms with E-state index in [4.69, 9.17) is 14.2 Å². The van der Waals surface area contributed by atoms with Gasteiger partial charge in [-0.05, 0) is 96.3 Å². The van der Waals surface area contributed by atoms with Gasteiger partial charge in [0.1, 0.15) is 0 Å². The van der Waals surface area contributed by atoms with Crippen molar-refractivity contribution < 1.29 is 48.7 Å². The van der Waals surface area contributed by atoms with Crippen molar-refractivity contribution in [3.8, 4) is 0 Å². The summed E-state index contributed by atoms with van der Waals surface area (Å²) >= 11 is 0. The van der Waals surface area contributed by atoms with Crippen LogP contribution in [0.3, 0.4) is 0 Å². The molecule has 0 aliphatic rings. The Labute approximate surface area is 554 Å². The van der Waals surface area contributed by atoms with Crippen LogP contribution >= 0.6 is 0 Å². The summed E-state index contributed by atoms with van der Waals surface area (Å²) in [4.78, 5) is 56.0. The van der Waals surface area contributed by atoms with E-state index in [1.807, 2.05) is 12.2 Å². The van der Waals surface area contributed by atoms with Gasteiger partial charge < -0.3 is 29.5 Å². The molecule has 0 saturated carbocycles. The molecular formula is C80H142O10. The Kier molecular flexibility index (Phi) is 65.5. The molecule has 10 heteroatoms. The minimum Gasteiger partial charge on any atom is -0.456 e. The second-order valence-electron chi connectivity index (χ2n) is 25.9. The average Bonchev–Trinajstić information content (AvgIpc) is 0.828. The summed E-state index contributed by atoms with van der Waals surface area (Å²) in [5, 5.41) is 35.0. The van der Waals surface area contributed by atoms with E-state index in [-0.39, 0.29) is 25.7 Å². The number of allylic oxidation sites excluding steroid dienone is 12. The number of carbonyl (C=O) groups excluding carboxylic acids is 4. The van der Waals surface area contributed by atoms with Gasteiger partial charge >= 0.3 is 17.9 Å². The van der Waals surface area contributed by atoms with Gasteiger partial charge in [-0.3, -0.25) is 19.2 Å². The second-order valence-corrected chi connectivity index (χ2v) is 25.9. The fourth-order valence-corrected chi connectivity index (χ4v) is 11.6. The molecule has 0 bridgehead atoms. The fourth-order valence-electron chi connectivity index (χ4n) is 11.6. The molecule has 0 spiro atoms. The van der Waals surface area contributed by atoms with Gasteiger partial charge in [0.2, 0.25) is 5.60 Å². The molecule has 10 nitrogen and oxygen atoms in total. The number of aliphatic hydroxyl groups excluding tert-OH is 2. The monoisotopic (exact) mass is 1260 g/mol. The molecule has 0 heterocycles. The molecule has 0 rings (SSSR count). The zero-order valence-corrected chi connectivity index (χ0v) is 59.0. The molecular weight excluding hydrogens is 1120 g/mol. The number of carbonyl (C=O) groups is 4. The third kappa shape index (κ3) is 53.9. The molecule has 0 amide bonds. The Morgan fingerprint density at radius 1 is 0.300 bits per heavy atom. The molecule has 3 N–H and O–H groups in total. The van der Waals surface area contributed by atoms with Crippen LogP contribution in [-0.4, -0.2) is 76.1 Å². The second kappa shape index (κ2) is 68.3. The maximum absolute atomic E-state index is 14.8. The lowest BCUT2D eigenvalue weighted by atomic mass is 9.80. The molecule has 90 heavy (non-hydrogen) atoms. The summed E-state index contributed by atoms with van der Waals surface area (Å²) in [6.07, 6.45) is 74.4. The van der Waals surface area contributed by atoms with Crippen molar-refractivity contribution in [1.82, 2.24) is 0 Å². The van der Waals surface area contributed by atoms with E-state index < -0.39 is 60.8 Å². The normalized spacial score (nSPS) is 13.9. The summed E-state index contributed by atoms with van der Waals surface area (Å²) in [6.45, 7) is 7.08. The Morgan fingerprint density at radius 3 is 0.900 bits per heavy atom. The van der Waals surface area contributed by atoms with Gasteiger partial charge in [-0.25, -0.2) is 0 Å². The number of esters is 3. The van der Waals surface area contributed by atoms with Crippen LogP contribution < -0.4 is 0 Å². The average molecular weight is 1260 g/mol. The first-order valence-corrected chi connectivity index (χ1v) is 38.1. The number of hydrogen-bond donors (Lipinski definition) is 3. The number of ketones is 1. The molecule has 0 aliphatic heterocycles. The van der Waals surface area contributed by atoms with Gasteiger partial charge in [0, 0.05) is 25.7 Å². The largest absolute Gasteiger partial charge is 0.456 e. The van der Waals surface area contributed by atoms with E-state index in [0.29, 0.717) is 38.5 Å². The summed E-state index contributed by atoms with van der Waals surface area (Å²) in [5.41, 5.74) is -2.84. The van der Waals surface area contributed by atoms with E-state index in [9.17, 15) is 34.5 Å². The third-order valence-electron chi connectivity index (χ3n) is 17.4. The Bertz CT molecular complexity index is 1800. The SMILES string of the molecule is CCCCC/C=C\C/C=C\C/C=C\C/C=C\CCCC(=O)O[C@@H](CO)C(O)(C(=O)CCCCCCCCCCCCCCCCC)C(OC(=O)CCCCCCCCCCCCCCCCC)[C@H](CO)OC(=O)CCCCCCC/C=C\C/C=C\CCCCC. The van der Waals surface area contributed by atoms with Crippen molar-refractivity contribution in [1.29, 1.82) is 0 Å². The lowest BCUT2D eigenvalue weighted by molar-refractivity contribution is -0.223. The van der Waals surface area contributed by atoms with Gasteiger partial charge in [-0.2, -0.15) is 0 Å². The standard InChI is InChI=1S/C80H142O10/c1-5-9-13-17-21-25-29-33-37-38-42-46-49-53-57-61-65-69-77(85)89-75(72-82)80(87,74(83)67-63-59-55-51-47-43-39-34-30-26-22-18-14-10-6-2)79(90-78(86)70-66-62-58-54-50-45-41-36-32-28-24-20-16-12-8-4)73(71-81)88-76(84)68-64-60-56-52-48-44-40-35-31-27-23-19-15-11-7-3/h21,23,25,27,33,35,37,40,42,46,53,57,73,75,79,81-82,87H,5-20,22,24,26,28-32,34,36,38-39,41,43-45,47-52,54-56,58-72H2,1-4H3/b25-21-,27-23-,37-33-,40-35-,46-42-,57-53-/t73-,75-,79?,80?/m0/s1. The van der Waals surface area contributed by atoms with Gasteiger partial charge in [-0.15, -0.1) is 0 Å². The zero-order chi connectivity index (χ0) is 65.7. The maximum Gasteiger partial charge on any atom is 0.306 e. The van der Waals surface area contributed by atoms with E-state index in [0.717, 1.165) is 116 Å². The highest BCUT2D eigenvalue weighted by Gasteiger charge is 2.57. The topological polar surface area (TPSA) is 157 Å². The predicted molar refractivity (Wildman–Crippen MR) is 381 cm³/mol. The Morgan fingerprint density at radius 2 is 0.556 bits per heavy atom. The highest BCUT2D eigenvalue weighted by molar-refractivity contribution is 5.89.